The first-order valence-electron chi connectivity index (χ1n) is 10.1. The highest BCUT2D eigenvalue weighted by Crippen LogP contribution is 2.31. The Morgan fingerprint density at radius 1 is 0.879 bits per heavy atom. The predicted molar refractivity (Wildman–Crippen MR) is 115 cm³/mol. The molecule has 1 aromatic heterocycles. The van der Waals surface area contributed by atoms with Crippen molar-refractivity contribution >= 4 is 15.8 Å². The summed E-state index contributed by atoms with van der Waals surface area (Å²) in [6.45, 7) is 2.90. The SMILES string of the molecule is Cc1cc(N2CCN(S(=O)(=O)c3ccc(F)cc3)CC2)nc(-c2ccc(C(F)(F)F)cc2)n1. The predicted octanol–water partition coefficient (Wildman–Crippen LogP) is 4.12. The lowest BCUT2D eigenvalue weighted by Gasteiger charge is -2.34. The lowest BCUT2D eigenvalue weighted by Crippen LogP contribution is -2.49. The van der Waals surface area contributed by atoms with Crippen LogP contribution in [-0.4, -0.2) is 48.9 Å². The number of aryl methyl sites for hydroxylation is 1. The fraction of sp³-hybridized carbons (Fsp3) is 0.273. The molecule has 11 heteroatoms. The standard InChI is InChI=1S/C22H20F4N4O2S/c1-15-14-20(28-21(27-15)16-2-4-17(5-3-16)22(24,25)26)29-10-12-30(13-11-29)33(31,32)19-8-6-18(23)7-9-19/h2-9,14H,10-13H2,1H3. The average Bonchev–Trinajstić information content (AvgIpc) is 2.78. The number of benzene rings is 2. The Hall–Kier alpha value is -3.05. The van der Waals surface area contributed by atoms with Gasteiger partial charge in [-0.3, -0.25) is 0 Å². The van der Waals surface area contributed by atoms with Crippen molar-refractivity contribution in [2.24, 2.45) is 0 Å². The molecule has 1 fully saturated rings. The second-order valence-electron chi connectivity index (χ2n) is 7.61. The zero-order valence-electron chi connectivity index (χ0n) is 17.6. The zero-order chi connectivity index (χ0) is 23.8. The summed E-state index contributed by atoms with van der Waals surface area (Å²) in [5, 5.41) is 0. The van der Waals surface area contributed by atoms with Crippen LogP contribution in [0.3, 0.4) is 0 Å². The van der Waals surface area contributed by atoms with Crippen LogP contribution in [0, 0.1) is 12.7 Å². The Labute approximate surface area is 188 Å². The van der Waals surface area contributed by atoms with E-state index in [-0.39, 0.29) is 18.0 Å². The molecule has 0 atom stereocenters. The molecule has 0 saturated carbocycles. The lowest BCUT2D eigenvalue weighted by atomic mass is 10.1. The minimum Gasteiger partial charge on any atom is -0.354 e. The van der Waals surface area contributed by atoms with Crippen LogP contribution < -0.4 is 4.90 Å². The molecule has 2 aromatic carbocycles. The second kappa shape index (κ2) is 8.71. The molecule has 2 heterocycles. The molecule has 0 unspecified atom stereocenters. The van der Waals surface area contributed by atoms with Crippen LogP contribution in [0.2, 0.25) is 0 Å². The number of piperazine rings is 1. The van der Waals surface area contributed by atoms with Gasteiger partial charge in [-0.25, -0.2) is 22.8 Å². The van der Waals surface area contributed by atoms with E-state index >= 15 is 0 Å². The molecular weight excluding hydrogens is 460 g/mol. The van der Waals surface area contributed by atoms with Crippen molar-refractivity contribution in [2.75, 3.05) is 31.1 Å². The number of halogens is 4. The van der Waals surface area contributed by atoms with Gasteiger partial charge in [0.1, 0.15) is 11.6 Å². The third kappa shape index (κ3) is 4.98. The first-order valence-corrected chi connectivity index (χ1v) is 11.5. The molecule has 33 heavy (non-hydrogen) atoms. The van der Waals surface area contributed by atoms with Crippen LogP contribution in [0.4, 0.5) is 23.4 Å². The Bertz CT molecular complexity index is 1240. The first-order chi connectivity index (χ1) is 15.5. The molecule has 1 aliphatic heterocycles. The number of hydrogen-bond donors (Lipinski definition) is 0. The summed E-state index contributed by atoms with van der Waals surface area (Å²) in [5.41, 5.74) is 0.333. The summed E-state index contributed by atoms with van der Waals surface area (Å²) in [6.07, 6.45) is -4.43. The fourth-order valence-electron chi connectivity index (χ4n) is 3.56. The Balaban J connectivity index is 1.51. The van der Waals surface area contributed by atoms with E-state index in [1.54, 1.807) is 13.0 Å². The molecule has 0 amide bonds. The summed E-state index contributed by atoms with van der Waals surface area (Å²) >= 11 is 0. The minimum atomic E-state index is -4.43. The zero-order valence-corrected chi connectivity index (χ0v) is 18.4. The summed E-state index contributed by atoms with van der Waals surface area (Å²) in [5.74, 6) is 0.345. The maximum absolute atomic E-state index is 13.1. The van der Waals surface area contributed by atoms with Crippen molar-refractivity contribution in [2.45, 2.75) is 18.0 Å². The summed E-state index contributed by atoms with van der Waals surface area (Å²) in [4.78, 5) is 10.8. The molecule has 0 aliphatic carbocycles. The van der Waals surface area contributed by atoms with Gasteiger partial charge < -0.3 is 4.90 Å². The maximum Gasteiger partial charge on any atom is 0.416 e. The van der Waals surface area contributed by atoms with Gasteiger partial charge in [0.05, 0.1) is 10.5 Å². The number of rotatable bonds is 4. The smallest absolute Gasteiger partial charge is 0.354 e. The number of anilines is 1. The highest BCUT2D eigenvalue weighted by atomic mass is 32.2. The minimum absolute atomic E-state index is 0.0276. The van der Waals surface area contributed by atoms with Crippen LogP contribution in [0.15, 0.2) is 59.5 Å². The third-order valence-corrected chi connectivity index (χ3v) is 7.24. The molecule has 174 valence electrons. The first kappa shape index (κ1) is 23.1. The molecule has 1 saturated heterocycles. The molecular formula is C22H20F4N4O2S. The van der Waals surface area contributed by atoms with Gasteiger partial charge in [0, 0.05) is 43.5 Å². The van der Waals surface area contributed by atoms with E-state index in [4.69, 9.17) is 0 Å². The third-order valence-electron chi connectivity index (χ3n) is 5.33. The molecule has 0 spiro atoms. The van der Waals surface area contributed by atoms with Crippen molar-refractivity contribution in [3.05, 3.63) is 71.7 Å². The van der Waals surface area contributed by atoms with Crippen LogP contribution in [0.25, 0.3) is 11.4 Å². The maximum atomic E-state index is 13.1. The Morgan fingerprint density at radius 2 is 1.48 bits per heavy atom. The van der Waals surface area contributed by atoms with Crippen LogP contribution >= 0.6 is 0 Å². The summed E-state index contributed by atoms with van der Waals surface area (Å²) < 4.78 is 78.6. The highest BCUT2D eigenvalue weighted by molar-refractivity contribution is 7.89. The van der Waals surface area contributed by atoms with E-state index in [9.17, 15) is 26.0 Å². The number of sulfonamides is 1. The number of alkyl halides is 3. The van der Waals surface area contributed by atoms with E-state index < -0.39 is 27.6 Å². The Kier molecular flexibility index (Phi) is 6.10. The Morgan fingerprint density at radius 3 is 2.06 bits per heavy atom. The van der Waals surface area contributed by atoms with Crippen LogP contribution in [0.5, 0.6) is 0 Å². The van der Waals surface area contributed by atoms with Gasteiger partial charge in [0.15, 0.2) is 5.82 Å². The van der Waals surface area contributed by atoms with E-state index in [2.05, 4.69) is 9.97 Å². The number of hydrogen-bond acceptors (Lipinski definition) is 5. The molecule has 1 aliphatic rings. The van der Waals surface area contributed by atoms with Crippen LogP contribution in [0.1, 0.15) is 11.3 Å². The van der Waals surface area contributed by atoms with Gasteiger partial charge in [-0.15, -0.1) is 0 Å². The van der Waals surface area contributed by atoms with Crippen molar-refractivity contribution in [3.8, 4) is 11.4 Å². The number of nitrogens with zero attached hydrogens (tertiary/aromatic N) is 4. The van der Waals surface area contributed by atoms with Gasteiger partial charge >= 0.3 is 6.18 Å². The van der Waals surface area contributed by atoms with Crippen molar-refractivity contribution < 1.29 is 26.0 Å². The average molecular weight is 480 g/mol. The van der Waals surface area contributed by atoms with Gasteiger partial charge in [0.25, 0.3) is 0 Å². The van der Waals surface area contributed by atoms with Crippen LogP contribution in [-0.2, 0) is 16.2 Å². The van der Waals surface area contributed by atoms with Gasteiger partial charge in [-0.1, -0.05) is 12.1 Å². The summed E-state index contributed by atoms with van der Waals surface area (Å²) in [7, 11) is -3.74. The number of aromatic nitrogens is 2. The molecule has 6 nitrogen and oxygen atoms in total. The normalized spacial score (nSPS) is 15.6. The molecule has 0 N–H and O–H groups in total. The largest absolute Gasteiger partial charge is 0.416 e. The van der Waals surface area contributed by atoms with Crippen molar-refractivity contribution in [3.63, 3.8) is 0 Å². The topological polar surface area (TPSA) is 66.4 Å². The fourth-order valence-corrected chi connectivity index (χ4v) is 4.99. The molecule has 0 radical (unpaired) electrons. The van der Waals surface area contributed by atoms with E-state index in [1.807, 2.05) is 4.90 Å². The van der Waals surface area contributed by atoms with Crippen molar-refractivity contribution in [1.29, 1.82) is 0 Å². The monoisotopic (exact) mass is 480 g/mol. The van der Waals surface area contributed by atoms with E-state index in [0.29, 0.717) is 36.0 Å². The quantitative estimate of drug-likeness (QED) is 0.526. The van der Waals surface area contributed by atoms with Crippen molar-refractivity contribution in [1.82, 2.24) is 14.3 Å². The highest BCUT2D eigenvalue weighted by Gasteiger charge is 2.31. The summed E-state index contributed by atoms with van der Waals surface area (Å²) in [6, 6.07) is 11.1. The molecule has 0 bridgehead atoms. The second-order valence-corrected chi connectivity index (χ2v) is 9.55. The molecule has 4 rings (SSSR count). The van der Waals surface area contributed by atoms with E-state index in [0.717, 1.165) is 24.3 Å². The van der Waals surface area contributed by atoms with E-state index in [1.165, 1.54) is 28.6 Å². The van der Waals surface area contributed by atoms with Gasteiger partial charge in [-0.05, 0) is 43.3 Å². The van der Waals surface area contributed by atoms with Gasteiger partial charge in [-0.2, -0.15) is 17.5 Å². The van der Waals surface area contributed by atoms with Gasteiger partial charge in [0.2, 0.25) is 10.0 Å². The lowest BCUT2D eigenvalue weighted by molar-refractivity contribution is -0.137. The molecule has 3 aromatic rings.